The van der Waals surface area contributed by atoms with Crippen LogP contribution in [0.15, 0.2) is 29.2 Å². The number of nitrogens with zero attached hydrogens (tertiary/aromatic N) is 1. The van der Waals surface area contributed by atoms with Crippen LogP contribution in [0.4, 0.5) is 0 Å². The number of rotatable bonds is 3. The highest BCUT2D eigenvalue weighted by atomic mass is 32.2. The Morgan fingerprint density at radius 3 is 3.11 bits per heavy atom. The quantitative estimate of drug-likeness (QED) is 0.835. The third kappa shape index (κ3) is 2.30. The molecule has 0 saturated heterocycles. The fourth-order valence-corrected chi connectivity index (χ4v) is 4.48. The minimum Gasteiger partial charge on any atom is -0.496 e. The van der Waals surface area contributed by atoms with Crippen molar-refractivity contribution in [2.24, 2.45) is 0 Å². The van der Waals surface area contributed by atoms with Crippen molar-refractivity contribution in [2.45, 2.75) is 30.7 Å². The van der Waals surface area contributed by atoms with Gasteiger partial charge in [0.2, 0.25) is 0 Å². The average molecular weight is 275 g/mol. The smallest absolute Gasteiger partial charge is 0.133 e. The molecule has 0 aromatic heterocycles. The molecule has 3 rings (SSSR count). The summed E-state index contributed by atoms with van der Waals surface area (Å²) in [7, 11) is 1.76. The summed E-state index contributed by atoms with van der Waals surface area (Å²) in [5.41, 5.74) is 2.91. The zero-order chi connectivity index (χ0) is 13.2. The van der Waals surface area contributed by atoms with Crippen molar-refractivity contribution in [1.29, 1.82) is 0 Å². The van der Waals surface area contributed by atoms with E-state index in [1.54, 1.807) is 7.11 Å². The van der Waals surface area contributed by atoms with E-state index in [4.69, 9.17) is 4.74 Å². The van der Waals surface area contributed by atoms with Crippen LogP contribution in [0.2, 0.25) is 0 Å². The summed E-state index contributed by atoms with van der Waals surface area (Å²) >= 11 is 1.95. The number of fused-ring (bicyclic) bond motifs is 3. The minimum absolute atomic E-state index is 0.596. The molecule has 0 saturated carbocycles. The summed E-state index contributed by atoms with van der Waals surface area (Å²) in [4.78, 5) is 3.97. The fraction of sp³-hybridized carbons (Fsp3) is 0.500. The van der Waals surface area contributed by atoms with Crippen LogP contribution in [0.25, 0.3) is 5.57 Å². The summed E-state index contributed by atoms with van der Waals surface area (Å²) in [6.07, 6.45) is 4.85. The van der Waals surface area contributed by atoms with Gasteiger partial charge in [-0.2, -0.15) is 0 Å². The topological polar surface area (TPSA) is 12.5 Å². The van der Waals surface area contributed by atoms with E-state index < -0.39 is 0 Å². The molecule has 0 fully saturated rings. The van der Waals surface area contributed by atoms with Crippen molar-refractivity contribution in [3.05, 3.63) is 29.8 Å². The Kier molecular flexibility index (Phi) is 3.85. The molecule has 1 atom stereocenters. The number of benzene rings is 1. The second kappa shape index (κ2) is 5.59. The molecule has 2 aliphatic heterocycles. The summed E-state index contributed by atoms with van der Waals surface area (Å²) in [5, 5.41) is 0. The van der Waals surface area contributed by atoms with Crippen LogP contribution in [0.3, 0.4) is 0 Å². The van der Waals surface area contributed by atoms with E-state index in [-0.39, 0.29) is 0 Å². The largest absolute Gasteiger partial charge is 0.496 e. The molecule has 3 heteroatoms. The van der Waals surface area contributed by atoms with Crippen molar-refractivity contribution in [2.75, 3.05) is 26.0 Å². The summed E-state index contributed by atoms with van der Waals surface area (Å²) in [6, 6.07) is 7.02. The van der Waals surface area contributed by atoms with Crippen molar-refractivity contribution < 1.29 is 4.74 Å². The molecule has 2 aliphatic rings. The van der Waals surface area contributed by atoms with Crippen LogP contribution in [0.5, 0.6) is 5.75 Å². The molecule has 2 heterocycles. The van der Waals surface area contributed by atoms with E-state index in [1.807, 2.05) is 11.8 Å². The highest BCUT2D eigenvalue weighted by molar-refractivity contribution is 7.99. The van der Waals surface area contributed by atoms with E-state index in [0.29, 0.717) is 6.04 Å². The van der Waals surface area contributed by atoms with Crippen LogP contribution >= 0.6 is 11.8 Å². The summed E-state index contributed by atoms with van der Waals surface area (Å²) < 4.78 is 5.51. The number of thioether (sulfide) groups is 1. The maximum Gasteiger partial charge on any atom is 0.133 e. The third-order valence-electron chi connectivity index (χ3n) is 3.99. The number of ether oxygens (including phenoxy) is 1. The highest BCUT2D eigenvalue weighted by Crippen LogP contribution is 2.45. The van der Waals surface area contributed by atoms with Crippen LogP contribution in [-0.4, -0.2) is 36.9 Å². The lowest BCUT2D eigenvalue weighted by molar-refractivity contribution is 0.245. The van der Waals surface area contributed by atoms with Crippen molar-refractivity contribution in [3.63, 3.8) is 0 Å². The van der Waals surface area contributed by atoms with Crippen LogP contribution in [-0.2, 0) is 0 Å². The SMILES string of the molecule is CCCN1CCC=C2c3cccc(OC)c3SCC21. The van der Waals surface area contributed by atoms with E-state index in [1.165, 1.54) is 42.0 Å². The van der Waals surface area contributed by atoms with Gasteiger partial charge in [0, 0.05) is 18.3 Å². The van der Waals surface area contributed by atoms with E-state index in [0.717, 1.165) is 11.5 Å². The Balaban J connectivity index is 1.99. The molecular formula is C16H21NOS. The molecule has 1 aromatic rings. The van der Waals surface area contributed by atoms with Gasteiger partial charge in [0.05, 0.1) is 12.0 Å². The Hall–Kier alpha value is -0.930. The minimum atomic E-state index is 0.596. The predicted octanol–water partition coefficient (Wildman–Crippen LogP) is 3.67. The first-order valence-electron chi connectivity index (χ1n) is 7.09. The second-order valence-corrected chi connectivity index (χ2v) is 6.18. The third-order valence-corrected chi connectivity index (χ3v) is 5.18. The van der Waals surface area contributed by atoms with Crippen molar-refractivity contribution >= 4 is 17.3 Å². The molecule has 0 aliphatic carbocycles. The van der Waals surface area contributed by atoms with Gasteiger partial charge in [0.25, 0.3) is 0 Å². The summed E-state index contributed by atoms with van der Waals surface area (Å²) in [6.45, 7) is 4.69. The fourth-order valence-electron chi connectivity index (χ4n) is 3.13. The molecule has 0 bridgehead atoms. The standard InChI is InChI=1S/C16H21NOS/c1-3-9-17-10-5-7-12-13-6-4-8-15(18-2)16(13)19-11-14(12)17/h4,6-8,14H,3,5,9-11H2,1-2H3. The lowest BCUT2D eigenvalue weighted by atomic mass is 9.93. The molecule has 0 N–H and O–H groups in total. The van der Waals surface area contributed by atoms with Crippen LogP contribution < -0.4 is 4.74 Å². The number of hydrogen-bond acceptors (Lipinski definition) is 3. The van der Waals surface area contributed by atoms with Crippen molar-refractivity contribution in [3.8, 4) is 5.75 Å². The molecule has 0 radical (unpaired) electrons. The average Bonchev–Trinajstić information content (AvgIpc) is 2.47. The van der Waals surface area contributed by atoms with Gasteiger partial charge in [0.1, 0.15) is 5.75 Å². The van der Waals surface area contributed by atoms with E-state index in [9.17, 15) is 0 Å². The number of hydrogen-bond donors (Lipinski definition) is 0. The first-order valence-corrected chi connectivity index (χ1v) is 8.08. The predicted molar refractivity (Wildman–Crippen MR) is 82.0 cm³/mol. The lowest BCUT2D eigenvalue weighted by Crippen LogP contribution is -2.42. The Morgan fingerprint density at radius 2 is 2.32 bits per heavy atom. The van der Waals surface area contributed by atoms with Gasteiger partial charge < -0.3 is 4.74 Å². The number of methoxy groups -OCH3 is 1. The normalized spacial score (nSPS) is 22.4. The molecule has 0 spiro atoms. The van der Waals surface area contributed by atoms with Crippen LogP contribution in [0, 0.1) is 0 Å². The van der Waals surface area contributed by atoms with Gasteiger partial charge >= 0.3 is 0 Å². The van der Waals surface area contributed by atoms with Gasteiger partial charge in [-0.15, -0.1) is 11.8 Å². The second-order valence-electron chi connectivity index (χ2n) is 5.15. The molecule has 19 heavy (non-hydrogen) atoms. The first kappa shape index (κ1) is 13.1. The van der Waals surface area contributed by atoms with Crippen molar-refractivity contribution in [1.82, 2.24) is 4.90 Å². The monoisotopic (exact) mass is 275 g/mol. The molecule has 2 nitrogen and oxygen atoms in total. The zero-order valence-electron chi connectivity index (χ0n) is 11.7. The van der Waals surface area contributed by atoms with Gasteiger partial charge in [0.15, 0.2) is 0 Å². The molecule has 1 unspecified atom stereocenters. The molecule has 0 amide bonds. The Labute approximate surface area is 119 Å². The Bertz CT molecular complexity index is 498. The Morgan fingerprint density at radius 1 is 1.42 bits per heavy atom. The zero-order valence-corrected chi connectivity index (χ0v) is 12.5. The van der Waals surface area contributed by atoms with Gasteiger partial charge in [-0.1, -0.05) is 25.1 Å². The summed E-state index contributed by atoms with van der Waals surface area (Å²) in [5.74, 6) is 2.17. The van der Waals surface area contributed by atoms with E-state index in [2.05, 4.69) is 36.1 Å². The van der Waals surface area contributed by atoms with Crippen LogP contribution in [0.1, 0.15) is 25.3 Å². The first-order chi connectivity index (χ1) is 9.35. The molecule has 1 aromatic carbocycles. The van der Waals surface area contributed by atoms with Gasteiger partial charge in [-0.05, 0) is 36.6 Å². The maximum absolute atomic E-state index is 5.51. The van der Waals surface area contributed by atoms with E-state index >= 15 is 0 Å². The highest BCUT2D eigenvalue weighted by Gasteiger charge is 2.32. The van der Waals surface area contributed by atoms with Gasteiger partial charge in [-0.3, -0.25) is 4.90 Å². The lowest BCUT2D eigenvalue weighted by Gasteiger charge is -2.39. The van der Waals surface area contributed by atoms with Gasteiger partial charge in [-0.25, -0.2) is 0 Å². The molecular weight excluding hydrogens is 254 g/mol. The maximum atomic E-state index is 5.51. The molecule has 102 valence electrons.